The summed E-state index contributed by atoms with van der Waals surface area (Å²) in [6.45, 7) is 9.39. The van der Waals surface area contributed by atoms with Crippen LogP contribution >= 0.6 is 0 Å². The summed E-state index contributed by atoms with van der Waals surface area (Å²) < 4.78 is 0. The Morgan fingerprint density at radius 1 is 0.562 bits per heavy atom. The van der Waals surface area contributed by atoms with Gasteiger partial charge in [0.05, 0.1) is 0 Å². The molecule has 5 unspecified atom stereocenters. The molecule has 0 radical (unpaired) electrons. The second kappa shape index (κ2) is 17.0. The summed E-state index contributed by atoms with van der Waals surface area (Å²) >= 11 is 0. The maximum absolute atomic E-state index is 2.88. The summed E-state index contributed by atoms with van der Waals surface area (Å²) in [5, 5.41) is 0. The third-order valence-electron chi connectivity index (χ3n) is 8.61. The van der Waals surface area contributed by atoms with Crippen molar-refractivity contribution in [2.45, 2.75) is 150 Å². The molecule has 0 fully saturated rings. The van der Waals surface area contributed by atoms with E-state index in [9.17, 15) is 0 Å². The third kappa shape index (κ3) is 9.38. The molecule has 0 aromatic heterocycles. The van der Waals surface area contributed by atoms with Crippen LogP contribution in [0.1, 0.15) is 150 Å². The molecule has 0 aromatic rings. The first-order valence-electron chi connectivity index (χ1n) is 15.1. The van der Waals surface area contributed by atoms with Crippen molar-refractivity contribution in [2.75, 3.05) is 0 Å². The second-order valence-corrected chi connectivity index (χ2v) is 11.3. The Morgan fingerprint density at radius 3 is 1.75 bits per heavy atom. The van der Waals surface area contributed by atoms with Gasteiger partial charge in [-0.15, -0.1) is 0 Å². The van der Waals surface area contributed by atoms with Gasteiger partial charge >= 0.3 is 0 Å². The van der Waals surface area contributed by atoms with Crippen molar-refractivity contribution in [3.05, 3.63) is 23.8 Å². The fourth-order valence-electron chi connectivity index (χ4n) is 6.60. The fraction of sp³-hybridized carbons (Fsp3) is 0.875. The molecule has 0 heteroatoms. The van der Waals surface area contributed by atoms with Crippen LogP contribution in [0.25, 0.3) is 0 Å². The van der Waals surface area contributed by atoms with Gasteiger partial charge in [0.1, 0.15) is 0 Å². The lowest BCUT2D eigenvalue weighted by Crippen LogP contribution is -2.31. The van der Waals surface area contributed by atoms with Crippen LogP contribution in [-0.4, -0.2) is 0 Å². The van der Waals surface area contributed by atoms with Crippen molar-refractivity contribution in [1.82, 2.24) is 0 Å². The van der Waals surface area contributed by atoms with Crippen LogP contribution in [0.5, 0.6) is 0 Å². The Labute approximate surface area is 203 Å². The smallest absolute Gasteiger partial charge is 0.00172 e. The van der Waals surface area contributed by atoms with E-state index in [0.29, 0.717) is 0 Å². The number of hydrogen-bond donors (Lipinski definition) is 0. The highest BCUT2D eigenvalue weighted by atomic mass is 14.4. The summed E-state index contributed by atoms with van der Waals surface area (Å²) in [6, 6.07) is 0. The summed E-state index contributed by atoms with van der Waals surface area (Å²) in [5.41, 5.74) is 1.90. The zero-order chi connectivity index (χ0) is 23.0. The predicted molar refractivity (Wildman–Crippen MR) is 145 cm³/mol. The van der Waals surface area contributed by atoms with Gasteiger partial charge in [0.2, 0.25) is 0 Å². The zero-order valence-corrected chi connectivity index (χ0v) is 22.6. The average molecular weight is 443 g/mol. The number of hydrogen-bond acceptors (Lipinski definition) is 0. The van der Waals surface area contributed by atoms with E-state index in [1.165, 1.54) is 122 Å². The molecule has 0 saturated heterocycles. The lowest BCUT2D eigenvalue weighted by atomic mass is 9.63. The molecule has 0 saturated carbocycles. The van der Waals surface area contributed by atoms with E-state index >= 15 is 0 Å². The van der Waals surface area contributed by atoms with Gasteiger partial charge in [-0.1, -0.05) is 141 Å². The van der Waals surface area contributed by atoms with E-state index in [0.717, 1.165) is 29.6 Å². The highest BCUT2D eigenvalue weighted by molar-refractivity contribution is 5.27. The van der Waals surface area contributed by atoms with Gasteiger partial charge in [-0.05, 0) is 61.7 Å². The van der Waals surface area contributed by atoms with Gasteiger partial charge < -0.3 is 0 Å². The van der Waals surface area contributed by atoms with Gasteiger partial charge in [0, 0.05) is 0 Å². The lowest BCUT2D eigenvalue weighted by Gasteiger charge is -2.42. The Kier molecular flexibility index (Phi) is 14.7. The Bertz CT molecular complexity index is 512. The molecule has 5 atom stereocenters. The zero-order valence-electron chi connectivity index (χ0n) is 22.6. The first-order chi connectivity index (χ1) is 15.7. The number of fused-ring (bicyclic) bond motifs is 1. The molecule has 0 aromatic carbocycles. The summed E-state index contributed by atoms with van der Waals surface area (Å²) in [4.78, 5) is 0. The lowest BCUT2D eigenvalue weighted by molar-refractivity contribution is 0.241. The quantitative estimate of drug-likeness (QED) is 0.146. The van der Waals surface area contributed by atoms with E-state index in [4.69, 9.17) is 0 Å². The highest BCUT2D eigenvalue weighted by Gasteiger charge is 2.36. The van der Waals surface area contributed by atoms with Crippen LogP contribution in [0.4, 0.5) is 0 Å². The second-order valence-electron chi connectivity index (χ2n) is 11.3. The van der Waals surface area contributed by atoms with E-state index < -0.39 is 0 Å². The van der Waals surface area contributed by atoms with Crippen molar-refractivity contribution in [1.29, 1.82) is 0 Å². The average Bonchev–Trinajstić information content (AvgIpc) is 2.80. The van der Waals surface area contributed by atoms with Crippen molar-refractivity contribution in [3.63, 3.8) is 0 Å². The minimum absolute atomic E-state index is 0.770. The van der Waals surface area contributed by atoms with Crippen molar-refractivity contribution >= 4 is 0 Å². The molecule has 2 aliphatic carbocycles. The molecular weight excluding hydrogens is 384 g/mol. The number of allylic oxidation sites excluding steroid dienone is 4. The summed E-state index contributed by atoms with van der Waals surface area (Å²) in [6.07, 6.45) is 35.3. The predicted octanol–water partition coefficient (Wildman–Crippen LogP) is 11.1. The molecule has 0 heterocycles. The number of unbranched alkanes of at least 4 members (excludes halogenated alkanes) is 10. The van der Waals surface area contributed by atoms with Gasteiger partial charge in [-0.3, -0.25) is 0 Å². The maximum atomic E-state index is 2.88. The Morgan fingerprint density at radius 2 is 1.09 bits per heavy atom. The molecule has 2 aliphatic rings. The molecule has 0 amide bonds. The summed E-state index contributed by atoms with van der Waals surface area (Å²) in [7, 11) is 0. The topological polar surface area (TPSA) is 0 Å². The third-order valence-corrected chi connectivity index (χ3v) is 8.61. The molecule has 0 spiro atoms. The Balaban J connectivity index is 2.13. The SMILES string of the molecule is CCCCCCCC1C2=CC(CCCCC)C(CCCCC)CC2C=CC1CCCCC. The van der Waals surface area contributed by atoms with Crippen LogP contribution in [-0.2, 0) is 0 Å². The minimum Gasteiger partial charge on any atom is -0.0842 e. The van der Waals surface area contributed by atoms with Crippen molar-refractivity contribution in [2.24, 2.45) is 29.6 Å². The monoisotopic (exact) mass is 442 g/mol. The molecule has 0 aliphatic heterocycles. The van der Waals surface area contributed by atoms with E-state index in [1.54, 1.807) is 0 Å². The van der Waals surface area contributed by atoms with Gasteiger partial charge in [0.15, 0.2) is 0 Å². The van der Waals surface area contributed by atoms with Crippen molar-refractivity contribution in [3.8, 4) is 0 Å². The molecule has 32 heavy (non-hydrogen) atoms. The highest BCUT2D eigenvalue weighted by Crippen LogP contribution is 2.48. The van der Waals surface area contributed by atoms with E-state index in [-0.39, 0.29) is 0 Å². The molecule has 2 rings (SSSR count). The largest absolute Gasteiger partial charge is 0.0842 e. The normalized spacial score (nSPS) is 27.4. The molecule has 186 valence electrons. The number of rotatable bonds is 18. The van der Waals surface area contributed by atoms with Crippen LogP contribution in [0, 0.1) is 29.6 Å². The molecule has 0 N–H and O–H groups in total. The van der Waals surface area contributed by atoms with Gasteiger partial charge in [-0.25, -0.2) is 0 Å². The van der Waals surface area contributed by atoms with E-state index in [1.807, 2.05) is 5.57 Å². The van der Waals surface area contributed by atoms with Gasteiger partial charge in [-0.2, -0.15) is 0 Å². The van der Waals surface area contributed by atoms with Crippen LogP contribution in [0.3, 0.4) is 0 Å². The minimum atomic E-state index is 0.770. The molecule has 0 bridgehead atoms. The van der Waals surface area contributed by atoms with E-state index in [2.05, 4.69) is 45.9 Å². The fourth-order valence-corrected chi connectivity index (χ4v) is 6.60. The Hall–Kier alpha value is -0.520. The van der Waals surface area contributed by atoms with Crippen LogP contribution in [0.15, 0.2) is 23.8 Å². The molecule has 0 nitrogen and oxygen atoms in total. The maximum Gasteiger partial charge on any atom is -0.00172 e. The standard InChI is InChI=1S/C32H58/c1-5-9-13-14-18-22-31-27(19-15-10-6-2)23-24-30-25-28(20-16-11-7-3)29(26-32(30)31)21-17-12-8-4/h23-24,26-31H,5-22,25H2,1-4H3. The summed E-state index contributed by atoms with van der Waals surface area (Å²) in [5.74, 6) is 4.26. The van der Waals surface area contributed by atoms with Crippen LogP contribution in [0.2, 0.25) is 0 Å². The molecular formula is C32H58. The van der Waals surface area contributed by atoms with Gasteiger partial charge in [0.25, 0.3) is 0 Å². The van der Waals surface area contributed by atoms with Crippen LogP contribution < -0.4 is 0 Å². The first kappa shape index (κ1) is 27.7. The van der Waals surface area contributed by atoms with Crippen molar-refractivity contribution < 1.29 is 0 Å². The first-order valence-corrected chi connectivity index (χ1v) is 15.1.